The minimum absolute atomic E-state index is 0.208. The van der Waals surface area contributed by atoms with Gasteiger partial charge in [0.2, 0.25) is 10.0 Å². The fourth-order valence-corrected chi connectivity index (χ4v) is 4.89. The lowest BCUT2D eigenvalue weighted by molar-refractivity contribution is 0.0607. The number of aromatic nitrogens is 3. The molecule has 1 aliphatic rings. The predicted octanol–water partition coefficient (Wildman–Crippen LogP) is 3.50. The maximum absolute atomic E-state index is 13.6. The van der Waals surface area contributed by atoms with Gasteiger partial charge in [-0.25, -0.2) is 17.9 Å². The van der Waals surface area contributed by atoms with Crippen LogP contribution in [0.25, 0.3) is 5.65 Å². The van der Waals surface area contributed by atoms with Crippen LogP contribution < -0.4 is 9.62 Å². The van der Waals surface area contributed by atoms with E-state index in [1.807, 2.05) is 38.1 Å². The van der Waals surface area contributed by atoms with Crippen LogP contribution in [0.1, 0.15) is 47.1 Å². The number of nitrogens with one attached hydrogen (secondary N) is 1. The molecule has 2 aromatic heterocycles. The summed E-state index contributed by atoms with van der Waals surface area (Å²) in [5, 5.41) is 5.12. The molecule has 33 heavy (non-hydrogen) atoms. The van der Waals surface area contributed by atoms with E-state index in [1.54, 1.807) is 15.5 Å². The van der Waals surface area contributed by atoms with Crippen LogP contribution >= 0.6 is 11.6 Å². The van der Waals surface area contributed by atoms with Crippen LogP contribution in [-0.2, 0) is 10.0 Å². The smallest absolute Gasteiger partial charge is 0.256 e. The molecule has 1 amide bonds. The predicted molar refractivity (Wildman–Crippen MR) is 130 cm³/mol. The summed E-state index contributed by atoms with van der Waals surface area (Å²) in [7, 11) is 0.302. The van der Waals surface area contributed by atoms with Gasteiger partial charge in [-0.15, -0.1) is 0 Å². The summed E-state index contributed by atoms with van der Waals surface area (Å²) in [5.74, 6) is 0.544. The highest BCUT2D eigenvalue weighted by atomic mass is 35.5. The van der Waals surface area contributed by atoms with Crippen LogP contribution in [0.4, 0.5) is 11.5 Å². The highest BCUT2D eigenvalue weighted by molar-refractivity contribution is 7.92. The Bertz CT molecular complexity index is 1320. The fraction of sp³-hybridized carbons (Fsp3) is 0.409. The number of carbonyl (C=O) groups excluding carboxylic acids is 1. The molecule has 1 atom stereocenters. The number of piperidine rings is 1. The average molecular weight is 491 g/mol. The zero-order chi connectivity index (χ0) is 23.9. The van der Waals surface area contributed by atoms with Gasteiger partial charge in [0.05, 0.1) is 29.2 Å². The van der Waals surface area contributed by atoms with Gasteiger partial charge < -0.3 is 9.80 Å². The number of likely N-dealkylation sites (tertiary alicyclic amines) is 1. The summed E-state index contributed by atoms with van der Waals surface area (Å²) < 4.78 is 27.9. The van der Waals surface area contributed by atoms with E-state index in [0.717, 1.165) is 42.7 Å². The Labute approximate surface area is 198 Å². The minimum Gasteiger partial charge on any atom is -0.363 e. The molecule has 11 heteroatoms. The summed E-state index contributed by atoms with van der Waals surface area (Å²) in [6, 6.07) is 8.20. The molecule has 1 aromatic carbocycles. The largest absolute Gasteiger partial charge is 0.363 e. The number of benzene rings is 1. The highest BCUT2D eigenvalue weighted by Gasteiger charge is 2.32. The van der Waals surface area contributed by atoms with Gasteiger partial charge in [0, 0.05) is 43.5 Å². The average Bonchev–Trinajstić information content (AvgIpc) is 3.18. The fourth-order valence-electron chi connectivity index (χ4n) is 4.14. The number of rotatable bonds is 5. The number of amides is 1. The number of anilines is 2. The van der Waals surface area contributed by atoms with Crippen molar-refractivity contribution in [1.82, 2.24) is 19.5 Å². The first-order valence-corrected chi connectivity index (χ1v) is 12.9. The second-order valence-electron chi connectivity index (χ2n) is 8.56. The van der Waals surface area contributed by atoms with Crippen molar-refractivity contribution in [2.45, 2.75) is 32.2 Å². The van der Waals surface area contributed by atoms with E-state index in [2.05, 4.69) is 9.71 Å². The molecule has 0 spiro atoms. The van der Waals surface area contributed by atoms with E-state index in [4.69, 9.17) is 16.7 Å². The number of hydrogen-bond acceptors (Lipinski definition) is 6. The maximum atomic E-state index is 13.6. The van der Waals surface area contributed by atoms with Gasteiger partial charge in [-0.05, 0) is 44.4 Å². The van der Waals surface area contributed by atoms with Crippen molar-refractivity contribution in [3.05, 3.63) is 52.3 Å². The second-order valence-corrected chi connectivity index (χ2v) is 10.7. The Morgan fingerprint density at radius 1 is 1.21 bits per heavy atom. The molecule has 1 saturated heterocycles. The van der Waals surface area contributed by atoms with Gasteiger partial charge in [-0.1, -0.05) is 11.6 Å². The number of halogens is 1. The number of aryl methyl sites for hydroxylation is 1. The first-order valence-electron chi connectivity index (χ1n) is 10.7. The summed E-state index contributed by atoms with van der Waals surface area (Å²) in [6.07, 6.45) is 3.62. The molecule has 0 bridgehead atoms. The Balaban J connectivity index is 1.74. The van der Waals surface area contributed by atoms with Crippen molar-refractivity contribution >= 4 is 44.7 Å². The van der Waals surface area contributed by atoms with E-state index in [1.165, 1.54) is 12.1 Å². The van der Waals surface area contributed by atoms with Gasteiger partial charge in [0.15, 0.2) is 5.65 Å². The van der Waals surface area contributed by atoms with E-state index in [-0.39, 0.29) is 23.2 Å². The quantitative estimate of drug-likeness (QED) is 0.587. The molecule has 3 aromatic rings. The van der Waals surface area contributed by atoms with Crippen LogP contribution in [-0.4, -0.2) is 60.7 Å². The number of carbonyl (C=O) groups is 1. The standard InChI is InChI=1S/C22H27ClN6O3S/c1-14-11-20(27(2)3)24-21-13-18(25-29(14)21)19-7-5-6-10-28(19)22(30)16-12-15(23)8-9-17(16)26-33(4,31)32/h8-9,11-13,19,26H,5-7,10H2,1-4H3. The molecule has 1 fully saturated rings. The van der Waals surface area contributed by atoms with Gasteiger partial charge >= 0.3 is 0 Å². The van der Waals surface area contributed by atoms with Crippen LogP contribution in [0.5, 0.6) is 0 Å². The molecular weight excluding hydrogens is 464 g/mol. The number of hydrogen-bond donors (Lipinski definition) is 1. The van der Waals surface area contributed by atoms with Crippen LogP contribution in [0.3, 0.4) is 0 Å². The molecule has 0 saturated carbocycles. The Hall–Kier alpha value is -2.85. The second kappa shape index (κ2) is 8.83. The van der Waals surface area contributed by atoms with Crippen LogP contribution in [0.15, 0.2) is 30.3 Å². The third-order valence-corrected chi connectivity index (χ3v) is 6.51. The first kappa shape index (κ1) is 23.3. The summed E-state index contributed by atoms with van der Waals surface area (Å²) in [6.45, 7) is 2.51. The van der Waals surface area contributed by atoms with Crippen LogP contribution in [0, 0.1) is 6.92 Å². The Kier molecular flexibility index (Phi) is 6.24. The molecule has 1 unspecified atom stereocenters. The lowest BCUT2D eigenvalue weighted by Gasteiger charge is -2.35. The molecule has 176 valence electrons. The first-order chi connectivity index (χ1) is 15.5. The van der Waals surface area contributed by atoms with Crippen molar-refractivity contribution < 1.29 is 13.2 Å². The highest BCUT2D eigenvalue weighted by Crippen LogP contribution is 2.34. The van der Waals surface area contributed by atoms with Gasteiger partial charge in [-0.2, -0.15) is 5.10 Å². The zero-order valence-electron chi connectivity index (χ0n) is 19.0. The lowest BCUT2D eigenvalue weighted by Crippen LogP contribution is -2.39. The normalized spacial score (nSPS) is 16.8. The third kappa shape index (κ3) is 4.91. The lowest BCUT2D eigenvalue weighted by atomic mass is 9.98. The number of nitrogens with zero attached hydrogens (tertiary/aromatic N) is 5. The molecule has 0 radical (unpaired) electrons. The maximum Gasteiger partial charge on any atom is 0.256 e. The Morgan fingerprint density at radius 2 is 1.97 bits per heavy atom. The van der Waals surface area contributed by atoms with E-state index in [9.17, 15) is 13.2 Å². The minimum atomic E-state index is -3.57. The summed E-state index contributed by atoms with van der Waals surface area (Å²) >= 11 is 6.16. The molecule has 1 N–H and O–H groups in total. The summed E-state index contributed by atoms with van der Waals surface area (Å²) in [4.78, 5) is 22.0. The molecule has 9 nitrogen and oxygen atoms in total. The van der Waals surface area contributed by atoms with E-state index >= 15 is 0 Å². The molecule has 1 aliphatic heterocycles. The molecule has 4 rings (SSSR count). The van der Waals surface area contributed by atoms with Crippen molar-refractivity contribution in [2.24, 2.45) is 0 Å². The van der Waals surface area contributed by atoms with E-state index in [0.29, 0.717) is 17.2 Å². The van der Waals surface area contributed by atoms with Crippen molar-refractivity contribution in [3.8, 4) is 0 Å². The molecule has 3 heterocycles. The summed E-state index contributed by atoms with van der Waals surface area (Å²) in [5.41, 5.74) is 2.84. The number of sulfonamides is 1. The SMILES string of the molecule is Cc1cc(N(C)C)nc2cc(C3CCCCN3C(=O)c3cc(Cl)ccc3NS(C)(=O)=O)nn12. The molecule has 0 aliphatic carbocycles. The molecular formula is C22H27ClN6O3S. The third-order valence-electron chi connectivity index (χ3n) is 5.68. The van der Waals surface area contributed by atoms with Crippen molar-refractivity contribution in [1.29, 1.82) is 0 Å². The van der Waals surface area contributed by atoms with Gasteiger partial charge in [-0.3, -0.25) is 9.52 Å². The Morgan fingerprint density at radius 3 is 2.67 bits per heavy atom. The monoisotopic (exact) mass is 490 g/mol. The van der Waals surface area contributed by atoms with Crippen LogP contribution in [0.2, 0.25) is 5.02 Å². The van der Waals surface area contributed by atoms with Gasteiger partial charge in [0.25, 0.3) is 5.91 Å². The van der Waals surface area contributed by atoms with Gasteiger partial charge in [0.1, 0.15) is 5.82 Å². The van der Waals surface area contributed by atoms with Crippen molar-refractivity contribution in [2.75, 3.05) is 36.5 Å². The topological polar surface area (TPSA) is 99.9 Å². The van der Waals surface area contributed by atoms with E-state index < -0.39 is 10.0 Å². The zero-order valence-corrected chi connectivity index (χ0v) is 20.6. The van der Waals surface area contributed by atoms with Crippen molar-refractivity contribution in [3.63, 3.8) is 0 Å². The number of fused-ring (bicyclic) bond motifs is 1.